The minimum Gasteiger partial charge on any atom is -0.467 e. The summed E-state index contributed by atoms with van der Waals surface area (Å²) in [5.41, 5.74) is -0.448. The maximum absolute atomic E-state index is 12.5. The summed E-state index contributed by atoms with van der Waals surface area (Å²) < 4.78 is 5.35. The summed E-state index contributed by atoms with van der Waals surface area (Å²) in [4.78, 5) is 14.4. The number of hydrogen-bond donors (Lipinski definition) is 1. The number of nitrogens with one attached hydrogen (secondary N) is 1. The van der Waals surface area contributed by atoms with Gasteiger partial charge in [0.25, 0.3) is 0 Å². The van der Waals surface area contributed by atoms with E-state index in [0.717, 1.165) is 18.8 Å². The molecule has 0 atom stereocenters. The molecule has 1 aromatic rings. The molecule has 0 aliphatic carbocycles. The Morgan fingerprint density at radius 3 is 2.72 bits per heavy atom. The molecule has 18 heavy (non-hydrogen) atoms. The monoisotopic (exact) mass is 250 g/mol. The Bertz CT molecular complexity index is 421. The Kier molecular flexibility index (Phi) is 3.23. The van der Waals surface area contributed by atoms with Crippen molar-refractivity contribution in [1.82, 2.24) is 10.2 Å². The van der Waals surface area contributed by atoms with Crippen LogP contribution in [0.25, 0.3) is 0 Å². The first kappa shape index (κ1) is 13.1. The van der Waals surface area contributed by atoms with Crippen molar-refractivity contribution >= 4 is 5.91 Å². The quantitative estimate of drug-likeness (QED) is 0.873. The average molecular weight is 250 g/mol. The smallest absolute Gasteiger partial charge is 0.242 e. The van der Waals surface area contributed by atoms with Gasteiger partial charge >= 0.3 is 0 Å². The van der Waals surface area contributed by atoms with Gasteiger partial charge in [-0.25, -0.2) is 0 Å². The fraction of sp³-hybridized carbons (Fsp3) is 0.643. The zero-order valence-electron chi connectivity index (χ0n) is 11.6. The zero-order valence-corrected chi connectivity index (χ0v) is 11.6. The van der Waals surface area contributed by atoms with Crippen LogP contribution in [0.15, 0.2) is 22.8 Å². The molecule has 1 fully saturated rings. The van der Waals surface area contributed by atoms with Crippen LogP contribution in [0.3, 0.4) is 0 Å². The van der Waals surface area contributed by atoms with Crippen LogP contribution in [0, 0.1) is 5.41 Å². The molecule has 0 radical (unpaired) electrons. The van der Waals surface area contributed by atoms with E-state index in [1.54, 1.807) is 6.26 Å². The van der Waals surface area contributed by atoms with E-state index in [1.807, 2.05) is 30.9 Å². The molecule has 0 spiro atoms. The van der Waals surface area contributed by atoms with Gasteiger partial charge in [0.15, 0.2) is 0 Å². The van der Waals surface area contributed by atoms with Crippen molar-refractivity contribution in [2.45, 2.75) is 39.8 Å². The minimum atomic E-state index is -0.514. The highest BCUT2D eigenvalue weighted by atomic mass is 16.3. The first-order valence-electron chi connectivity index (χ1n) is 6.37. The normalized spacial score (nSPS) is 22.9. The molecule has 0 saturated carbocycles. The lowest BCUT2D eigenvalue weighted by molar-refractivity contribution is -0.137. The molecule has 2 rings (SSSR count). The maximum atomic E-state index is 12.5. The van der Waals surface area contributed by atoms with Gasteiger partial charge in [0.2, 0.25) is 5.91 Å². The second-order valence-corrected chi connectivity index (χ2v) is 6.38. The molecule has 1 amide bonds. The summed E-state index contributed by atoms with van der Waals surface area (Å²) >= 11 is 0. The van der Waals surface area contributed by atoms with Crippen LogP contribution in [-0.4, -0.2) is 29.4 Å². The summed E-state index contributed by atoms with van der Waals surface area (Å²) in [7, 11) is 0. The highest BCUT2D eigenvalue weighted by molar-refractivity contribution is 5.85. The molecule has 1 N–H and O–H groups in total. The zero-order chi connectivity index (χ0) is 13.4. The van der Waals surface area contributed by atoms with E-state index >= 15 is 0 Å². The lowest BCUT2D eigenvalue weighted by atomic mass is 9.93. The second-order valence-electron chi connectivity index (χ2n) is 6.38. The first-order valence-corrected chi connectivity index (χ1v) is 6.37. The van der Waals surface area contributed by atoms with Crippen molar-refractivity contribution in [2.75, 3.05) is 13.1 Å². The molecule has 2 heterocycles. The SMILES string of the molecule is CC1(C)CNC(C)(C)C(=O)N(Cc2ccco2)C1. The third-order valence-corrected chi connectivity index (χ3v) is 3.38. The highest BCUT2D eigenvalue weighted by Gasteiger charge is 2.39. The van der Waals surface area contributed by atoms with Crippen LogP contribution in [0.5, 0.6) is 0 Å². The standard InChI is InChI=1S/C14H22N2O2/c1-13(2)9-15-14(3,4)12(17)16(10-13)8-11-6-5-7-18-11/h5-7,15H,8-10H2,1-4H3. The van der Waals surface area contributed by atoms with Gasteiger partial charge in [-0.3, -0.25) is 4.79 Å². The van der Waals surface area contributed by atoms with Gasteiger partial charge in [0.05, 0.1) is 18.3 Å². The molecule has 0 aromatic carbocycles. The molecule has 100 valence electrons. The van der Waals surface area contributed by atoms with Crippen molar-refractivity contribution in [1.29, 1.82) is 0 Å². The van der Waals surface area contributed by atoms with Gasteiger partial charge in [-0.1, -0.05) is 13.8 Å². The Hall–Kier alpha value is -1.29. The van der Waals surface area contributed by atoms with E-state index in [4.69, 9.17) is 4.42 Å². The number of carbonyl (C=O) groups excluding carboxylic acids is 1. The molecule has 0 unspecified atom stereocenters. The summed E-state index contributed by atoms with van der Waals surface area (Å²) in [6.45, 7) is 10.3. The van der Waals surface area contributed by atoms with Crippen LogP contribution in [0.2, 0.25) is 0 Å². The minimum absolute atomic E-state index is 0.0655. The van der Waals surface area contributed by atoms with E-state index in [9.17, 15) is 4.79 Å². The van der Waals surface area contributed by atoms with Gasteiger partial charge in [0.1, 0.15) is 5.76 Å². The van der Waals surface area contributed by atoms with Crippen molar-refractivity contribution in [2.24, 2.45) is 5.41 Å². The number of furan rings is 1. The number of nitrogens with zero attached hydrogens (tertiary/aromatic N) is 1. The lowest BCUT2D eigenvalue weighted by Gasteiger charge is -2.30. The largest absolute Gasteiger partial charge is 0.467 e. The van der Waals surface area contributed by atoms with Gasteiger partial charge in [0, 0.05) is 13.1 Å². The average Bonchev–Trinajstić information content (AvgIpc) is 2.74. The van der Waals surface area contributed by atoms with Crippen LogP contribution in [0.4, 0.5) is 0 Å². The Morgan fingerprint density at radius 2 is 2.11 bits per heavy atom. The number of carbonyl (C=O) groups is 1. The predicted molar refractivity (Wildman–Crippen MR) is 70.0 cm³/mol. The molecule has 1 aliphatic heterocycles. The summed E-state index contributed by atoms with van der Waals surface area (Å²) in [5.74, 6) is 0.960. The highest BCUT2D eigenvalue weighted by Crippen LogP contribution is 2.25. The third kappa shape index (κ3) is 2.75. The van der Waals surface area contributed by atoms with E-state index in [-0.39, 0.29) is 11.3 Å². The molecular formula is C14H22N2O2. The molecule has 1 aliphatic rings. The predicted octanol–water partition coefficient (Wildman–Crippen LogP) is 2.02. The fourth-order valence-electron chi connectivity index (χ4n) is 2.29. The number of hydrogen-bond acceptors (Lipinski definition) is 3. The van der Waals surface area contributed by atoms with E-state index in [2.05, 4.69) is 19.2 Å². The fourth-order valence-corrected chi connectivity index (χ4v) is 2.29. The number of rotatable bonds is 2. The lowest BCUT2D eigenvalue weighted by Crippen LogP contribution is -2.51. The van der Waals surface area contributed by atoms with Gasteiger partial charge in [-0.05, 0) is 31.4 Å². The van der Waals surface area contributed by atoms with Crippen molar-refractivity contribution in [3.8, 4) is 0 Å². The molecule has 4 nitrogen and oxygen atoms in total. The Labute approximate surface area is 108 Å². The van der Waals surface area contributed by atoms with E-state index in [1.165, 1.54) is 0 Å². The van der Waals surface area contributed by atoms with Gasteiger partial charge in [-0.2, -0.15) is 0 Å². The number of amides is 1. The summed E-state index contributed by atoms with van der Waals surface area (Å²) in [6.07, 6.45) is 1.65. The van der Waals surface area contributed by atoms with Gasteiger partial charge < -0.3 is 14.6 Å². The molecule has 0 bridgehead atoms. The van der Waals surface area contributed by atoms with Crippen molar-refractivity contribution in [3.63, 3.8) is 0 Å². The van der Waals surface area contributed by atoms with Crippen LogP contribution in [-0.2, 0) is 11.3 Å². The topological polar surface area (TPSA) is 45.5 Å². The Balaban J connectivity index is 2.21. The Morgan fingerprint density at radius 1 is 1.39 bits per heavy atom. The van der Waals surface area contributed by atoms with E-state index in [0.29, 0.717) is 6.54 Å². The molecule has 1 saturated heterocycles. The van der Waals surface area contributed by atoms with Crippen LogP contribution >= 0.6 is 0 Å². The molecule has 1 aromatic heterocycles. The second kappa shape index (κ2) is 4.43. The first-order chi connectivity index (χ1) is 8.30. The third-order valence-electron chi connectivity index (χ3n) is 3.38. The van der Waals surface area contributed by atoms with Gasteiger partial charge in [-0.15, -0.1) is 0 Å². The summed E-state index contributed by atoms with van der Waals surface area (Å²) in [5, 5.41) is 3.35. The van der Waals surface area contributed by atoms with Crippen molar-refractivity contribution < 1.29 is 9.21 Å². The molecular weight excluding hydrogens is 228 g/mol. The maximum Gasteiger partial charge on any atom is 0.242 e. The van der Waals surface area contributed by atoms with Crippen molar-refractivity contribution in [3.05, 3.63) is 24.2 Å². The van der Waals surface area contributed by atoms with Crippen LogP contribution < -0.4 is 5.32 Å². The summed E-state index contributed by atoms with van der Waals surface area (Å²) in [6, 6.07) is 3.76. The van der Waals surface area contributed by atoms with E-state index < -0.39 is 5.54 Å². The van der Waals surface area contributed by atoms with Crippen LogP contribution in [0.1, 0.15) is 33.5 Å². The molecule has 4 heteroatoms.